The van der Waals surface area contributed by atoms with Gasteiger partial charge in [0.15, 0.2) is 0 Å². The van der Waals surface area contributed by atoms with Crippen LogP contribution in [0.25, 0.3) is 16.8 Å². The van der Waals surface area contributed by atoms with E-state index in [4.69, 9.17) is 19.9 Å². The third kappa shape index (κ3) is 7.16. The Morgan fingerprint density at radius 2 is 1.93 bits per heavy atom. The molecule has 0 amide bonds. The van der Waals surface area contributed by atoms with Gasteiger partial charge in [0, 0.05) is 49.7 Å². The molecule has 2 aliphatic rings. The van der Waals surface area contributed by atoms with Crippen LogP contribution < -0.4 is 10.5 Å². The number of pyridine rings is 1. The van der Waals surface area contributed by atoms with Crippen LogP contribution in [0.15, 0.2) is 48.9 Å². The van der Waals surface area contributed by atoms with Crippen molar-refractivity contribution < 1.29 is 31.4 Å². The Morgan fingerprint density at radius 1 is 1.13 bits per heavy atom. The first-order valence-electron chi connectivity index (χ1n) is 15.1. The fourth-order valence-corrected chi connectivity index (χ4v) is 6.84. The maximum atomic E-state index is 15.2. The second kappa shape index (κ2) is 13.1. The lowest BCUT2D eigenvalue weighted by atomic mass is 9.73. The molecule has 5 atom stereocenters. The van der Waals surface area contributed by atoms with Crippen LogP contribution in [0.4, 0.5) is 8.78 Å². The molecule has 1 unspecified atom stereocenters. The van der Waals surface area contributed by atoms with Gasteiger partial charge in [-0.05, 0) is 54.0 Å². The molecule has 1 saturated heterocycles. The summed E-state index contributed by atoms with van der Waals surface area (Å²) in [6.45, 7) is 3.14. The van der Waals surface area contributed by atoms with Crippen LogP contribution >= 0.6 is 0 Å². The zero-order valence-corrected chi connectivity index (χ0v) is 26.1. The Hall–Kier alpha value is -3.52. The van der Waals surface area contributed by atoms with E-state index in [1.807, 2.05) is 6.07 Å². The molecule has 13 heteroatoms. The Kier molecular flexibility index (Phi) is 9.14. The minimum Gasteiger partial charge on any atom is -0.488 e. The highest BCUT2D eigenvalue weighted by Crippen LogP contribution is 2.39. The maximum Gasteiger partial charge on any atom is 0.149 e. The second-order valence-corrected chi connectivity index (χ2v) is 14.4. The van der Waals surface area contributed by atoms with Crippen molar-refractivity contribution in [3.63, 3.8) is 0 Å². The standard InChI is InChI=1S/C32H37F2N5O5S/c1-19-11-20(12-28(35)32(19)43-9-10-45(2,40)41)25-5-7-36-16-21(25)13-30-37-17-22-3-4-29(38-39(22)30)31-26(33)14-24(15-27(31)34)44-23-6-8-42-18-23/h3-5,7,14-17,19-20,23,28,32H,6,8-13,18,35H2,1-2H3/t19-,20+,23?,28+,32-/m0/s1. The van der Waals surface area contributed by atoms with E-state index in [1.165, 1.54) is 18.4 Å². The molecule has 4 heterocycles. The molecule has 240 valence electrons. The van der Waals surface area contributed by atoms with Crippen molar-refractivity contribution >= 4 is 15.4 Å². The third-order valence-electron chi connectivity index (χ3n) is 8.61. The number of benzene rings is 1. The second-order valence-electron chi connectivity index (χ2n) is 12.1. The van der Waals surface area contributed by atoms with E-state index in [1.54, 1.807) is 35.2 Å². The van der Waals surface area contributed by atoms with Crippen molar-refractivity contribution in [1.82, 2.24) is 19.6 Å². The summed E-state index contributed by atoms with van der Waals surface area (Å²) in [4.78, 5) is 8.94. The Bertz CT molecular complexity index is 1740. The molecule has 45 heavy (non-hydrogen) atoms. The molecule has 3 aromatic heterocycles. The number of nitrogens with zero attached hydrogens (tertiary/aromatic N) is 4. The first kappa shape index (κ1) is 31.5. The van der Waals surface area contributed by atoms with E-state index in [0.717, 1.165) is 17.5 Å². The van der Waals surface area contributed by atoms with Crippen LogP contribution in [0.2, 0.25) is 0 Å². The lowest BCUT2D eigenvalue weighted by molar-refractivity contribution is -0.0154. The number of hydrogen-bond acceptors (Lipinski definition) is 9. The summed E-state index contributed by atoms with van der Waals surface area (Å²) in [5, 5.41) is 4.59. The maximum absolute atomic E-state index is 15.2. The lowest BCUT2D eigenvalue weighted by Crippen LogP contribution is -2.47. The zero-order valence-electron chi connectivity index (χ0n) is 25.2. The number of halogens is 2. The van der Waals surface area contributed by atoms with Gasteiger partial charge in [-0.3, -0.25) is 4.98 Å². The van der Waals surface area contributed by atoms with Crippen molar-refractivity contribution in [1.29, 1.82) is 0 Å². The summed E-state index contributed by atoms with van der Waals surface area (Å²) >= 11 is 0. The SMILES string of the molecule is C[C@H]1C[C@@H](c2ccncc2Cc2ncc3ccc(-c4c(F)cc(OC5CCOC5)cc4F)nn23)C[C@@H](N)[C@H]1OCCS(C)(=O)=O. The molecule has 0 spiro atoms. The molecule has 0 radical (unpaired) electrons. The Labute approximate surface area is 260 Å². The van der Waals surface area contributed by atoms with E-state index in [2.05, 4.69) is 22.0 Å². The number of nitrogens with two attached hydrogens (primary N) is 1. The monoisotopic (exact) mass is 641 g/mol. The van der Waals surface area contributed by atoms with Crippen LogP contribution in [0.3, 0.4) is 0 Å². The number of aromatic nitrogens is 4. The van der Waals surface area contributed by atoms with Crippen molar-refractivity contribution in [2.75, 3.05) is 31.8 Å². The average Bonchev–Trinajstić information content (AvgIpc) is 3.64. The molecule has 2 fully saturated rings. The number of imidazole rings is 1. The van der Waals surface area contributed by atoms with Gasteiger partial charge in [0.2, 0.25) is 0 Å². The van der Waals surface area contributed by atoms with Gasteiger partial charge in [-0.2, -0.15) is 5.10 Å². The first-order chi connectivity index (χ1) is 21.6. The molecule has 1 aliphatic heterocycles. The van der Waals surface area contributed by atoms with Crippen LogP contribution in [0.1, 0.15) is 49.1 Å². The van der Waals surface area contributed by atoms with Crippen molar-refractivity contribution in [2.24, 2.45) is 11.7 Å². The summed E-state index contributed by atoms with van der Waals surface area (Å²) in [6, 6.07) is 7.39. The van der Waals surface area contributed by atoms with Crippen LogP contribution in [0.5, 0.6) is 5.75 Å². The molecule has 1 aliphatic carbocycles. The highest BCUT2D eigenvalue weighted by atomic mass is 32.2. The lowest BCUT2D eigenvalue weighted by Gasteiger charge is -2.39. The third-order valence-corrected chi connectivity index (χ3v) is 9.52. The molecule has 1 saturated carbocycles. The first-order valence-corrected chi connectivity index (χ1v) is 17.2. The van der Waals surface area contributed by atoms with Gasteiger partial charge in [0.05, 0.1) is 54.6 Å². The predicted molar refractivity (Wildman–Crippen MR) is 164 cm³/mol. The zero-order chi connectivity index (χ0) is 31.7. The number of ether oxygens (including phenoxy) is 3. The predicted octanol–water partition coefficient (Wildman–Crippen LogP) is 4.10. The summed E-state index contributed by atoms with van der Waals surface area (Å²) < 4.78 is 72.1. The Morgan fingerprint density at radius 3 is 2.64 bits per heavy atom. The van der Waals surface area contributed by atoms with Gasteiger partial charge in [-0.15, -0.1) is 0 Å². The number of hydrogen-bond donors (Lipinski definition) is 1. The van der Waals surface area contributed by atoms with Gasteiger partial charge in [-0.1, -0.05) is 6.92 Å². The van der Waals surface area contributed by atoms with Crippen molar-refractivity contribution in [3.8, 4) is 17.0 Å². The normalized spacial score (nSPS) is 23.9. The van der Waals surface area contributed by atoms with Crippen LogP contribution in [0, 0.1) is 17.6 Å². The van der Waals surface area contributed by atoms with Gasteiger partial charge < -0.3 is 19.9 Å². The largest absolute Gasteiger partial charge is 0.488 e. The summed E-state index contributed by atoms with van der Waals surface area (Å²) in [5.74, 6) is -0.619. The summed E-state index contributed by atoms with van der Waals surface area (Å²) in [7, 11) is -3.12. The summed E-state index contributed by atoms with van der Waals surface area (Å²) in [6.07, 6.45) is 8.50. The highest BCUT2D eigenvalue weighted by Gasteiger charge is 2.36. The number of fused-ring (bicyclic) bond motifs is 1. The van der Waals surface area contributed by atoms with Gasteiger partial charge in [-0.25, -0.2) is 26.7 Å². The minimum atomic E-state index is -3.12. The van der Waals surface area contributed by atoms with E-state index in [-0.39, 0.29) is 59.5 Å². The van der Waals surface area contributed by atoms with Gasteiger partial charge in [0.25, 0.3) is 0 Å². The van der Waals surface area contributed by atoms with Crippen LogP contribution in [-0.4, -0.2) is 78.1 Å². The molecule has 6 rings (SSSR count). The molecule has 1 aromatic carbocycles. The van der Waals surface area contributed by atoms with Gasteiger partial charge in [0.1, 0.15) is 39.1 Å². The molecule has 4 aromatic rings. The van der Waals surface area contributed by atoms with Crippen molar-refractivity contribution in [2.45, 2.75) is 56.8 Å². The fourth-order valence-electron chi connectivity index (χ4n) is 6.44. The molecule has 10 nitrogen and oxygen atoms in total. The summed E-state index contributed by atoms with van der Waals surface area (Å²) in [5.41, 5.74) is 9.18. The topological polar surface area (TPSA) is 131 Å². The Balaban J connectivity index is 1.22. The van der Waals surface area contributed by atoms with E-state index >= 15 is 8.78 Å². The minimum absolute atomic E-state index is 0.0375. The molecular formula is C32H37F2N5O5S. The van der Waals surface area contributed by atoms with Gasteiger partial charge >= 0.3 is 0 Å². The quantitative estimate of drug-likeness (QED) is 0.272. The molecule has 0 bridgehead atoms. The average molecular weight is 642 g/mol. The fraction of sp³-hybridized carbons (Fsp3) is 0.469. The highest BCUT2D eigenvalue weighted by molar-refractivity contribution is 7.90. The number of rotatable bonds is 10. The number of sulfone groups is 1. The molecule has 2 N–H and O–H groups in total. The van der Waals surface area contributed by atoms with E-state index in [0.29, 0.717) is 43.8 Å². The van der Waals surface area contributed by atoms with E-state index < -0.39 is 21.5 Å². The smallest absolute Gasteiger partial charge is 0.149 e. The van der Waals surface area contributed by atoms with Crippen LogP contribution in [-0.2, 0) is 25.7 Å². The van der Waals surface area contributed by atoms with E-state index in [9.17, 15) is 8.42 Å². The molecular weight excluding hydrogens is 604 g/mol. The van der Waals surface area contributed by atoms with Crippen molar-refractivity contribution in [3.05, 3.63) is 77.5 Å².